The fourth-order valence-electron chi connectivity index (χ4n) is 9.95. The number of rotatable bonds is 63. The maximum Gasteiger partial charge on any atom is 0.472 e. The van der Waals surface area contributed by atoms with Crippen LogP contribution in [0.15, 0.2) is 48.6 Å². The topological polar surface area (TPSA) is 108 Å². The molecule has 0 heterocycles. The molecule has 0 radical (unpaired) electrons. The first-order chi connectivity index (χ1) is 38.5. The number of carbonyl (C=O) groups is 2. The number of hydrogen-bond donors (Lipinski definition) is 1. The average molecular weight is 1130 g/mol. The lowest BCUT2D eigenvalue weighted by atomic mass is 10.0. The van der Waals surface area contributed by atoms with Gasteiger partial charge in [-0.2, -0.15) is 0 Å². The molecule has 0 aliphatic rings. The standard InChI is InChI=1S/C69H130NO8P/c1-6-8-10-12-14-16-18-20-22-24-26-28-30-31-32-33-34-35-36-37-38-40-41-43-45-47-49-51-53-55-57-59-61-68(71)75-65-67(66-77-79(73,74)76-64-63-70(3,4)5)78-69(72)62-60-58-56-54-52-50-48-46-44-42-39-29-27-25-23-21-19-17-15-13-11-9-7-2/h9,11,15,17,21,23,27,29,67H,6-8,10,12-14,16,18-20,22,24-26,28,30-66H2,1-5H3/p+1/b11-9-,17-15-,23-21-,29-27-. The van der Waals surface area contributed by atoms with Gasteiger partial charge in [-0.3, -0.25) is 18.6 Å². The number of esters is 2. The zero-order chi connectivity index (χ0) is 57.7. The summed E-state index contributed by atoms with van der Waals surface area (Å²) in [6.07, 6.45) is 77.9. The number of phosphoric acid groups is 1. The predicted octanol–water partition coefficient (Wildman–Crippen LogP) is 21.7. The van der Waals surface area contributed by atoms with Crippen LogP contribution in [0.2, 0.25) is 0 Å². The number of likely N-dealkylation sites (N-methyl/N-ethyl adjacent to an activating group) is 1. The Hall–Kier alpha value is -2.03. The summed E-state index contributed by atoms with van der Waals surface area (Å²) in [7, 11) is 1.48. The lowest BCUT2D eigenvalue weighted by Gasteiger charge is -2.24. The maximum absolute atomic E-state index is 12.8. The highest BCUT2D eigenvalue weighted by Crippen LogP contribution is 2.43. The van der Waals surface area contributed by atoms with Gasteiger partial charge in [-0.1, -0.05) is 313 Å². The van der Waals surface area contributed by atoms with Gasteiger partial charge >= 0.3 is 19.8 Å². The highest BCUT2D eigenvalue weighted by atomic mass is 31.2. The van der Waals surface area contributed by atoms with E-state index in [0.717, 1.165) is 70.6 Å². The minimum Gasteiger partial charge on any atom is -0.462 e. The minimum absolute atomic E-state index is 0.0314. The van der Waals surface area contributed by atoms with Gasteiger partial charge in [0.05, 0.1) is 27.7 Å². The summed E-state index contributed by atoms with van der Waals surface area (Å²) in [4.78, 5) is 35.8. The lowest BCUT2D eigenvalue weighted by Crippen LogP contribution is -2.37. The van der Waals surface area contributed by atoms with Crippen LogP contribution >= 0.6 is 7.82 Å². The first-order valence-electron chi connectivity index (χ1n) is 33.9. The van der Waals surface area contributed by atoms with Crippen molar-refractivity contribution in [3.8, 4) is 0 Å². The van der Waals surface area contributed by atoms with E-state index in [9.17, 15) is 19.0 Å². The second-order valence-electron chi connectivity index (χ2n) is 24.2. The van der Waals surface area contributed by atoms with Gasteiger partial charge in [0, 0.05) is 12.8 Å². The number of carbonyl (C=O) groups excluding carboxylic acids is 2. The van der Waals surface area contributed by atoms with Crippen LogP contribution in [0.3, 0.4) is 0 Å². The molecule has 79 heavy (non-hydrogen) atoms. The summed E-state index contributed by atoms with van der Waals surface area (Å²) >= 11 is 0. The summed E-state index contributed by atoms with van der Waals surface area (Å²) in [5.41, 5.74) is 0. The van der Waals surface area contributed by atoms with Crippen molar-refractivity contribution in [3.63, 3.8) is 0 Å². The van der Waals surface area contributed by atoms with Crippen LogP contribution in [0.5, 0.6) is 0 Å². The van der Waals surface area contributed by atoms with Crippen molar-refractivity contribution in [1.29, 1.82) is 0 Å². The number of phosphoric ester groups is 1. The van der Waals surface area contributed by atoms with Crippen molar-refractivity contribution >= 4 is 19.8 Å². The van der Waals surface area contributed by atoms with Crippen molar-refractivity contribution in [2.75, 3.05) is 47.5 Å². The zero-order valence-corrected chi connectivity index (χ0v) is 53.8. The molecule has 0 aromatic rings. The Balaban J connectivity index is 4.00. The molecule has 0 fully saturated rings. The molecule has 0 aliphatic carbocycles. The molecular weight excluding hydrogens is 1000 g/mol. The smallest absolute Gasteiger partial charge is 0.462 e. The van der Waals surface area contributed by atoms with E-state index in [1.54, 1.807) is 0 Å². The van der Waals surface area contributed by atoms with Gasteiger partial charge < -0.3 is 18.9 Å². The van der Waals surface area contributed by atoms with E-state index >= 15 is 0 Å². The molecule has 0 saturated carbocycles. The number of hydrogen-bond acceptors (Lipinski definition) is 7. The van der Waals surface area contributed by atoms with Crippen molar-refractivity contribution in [2.45, 2.75) is 335 Å². The maximum atomic E-state index is 12.8. The van der Waals surface area contributed by atoms with Crippen LogP contribution in [0.1, 0.15) is 328 Å². The summed E-state index contributed by atoms with van der Waals surface area (Å²) < 4.78 is 34.7. The quantitative estimate of drug-likeness (QED) is 0.0211. The van der Waals surface area contributed by atoms with Crippen molar-refractivity contribution < 1.29 is 42.1 Å². The Kier molecular flexibility index (Phi) is 59.0. The van der Waals surface area contributed by atoms with Crippen LogP contribution in [0.25, 0.3) is 0 Å². The Morgan fingerprint density at radius 3 is 1.08 bits per heavy atom. The van der Waals surface area contributed by atoms with Crippen molar-refractivity contribution in [1.82, 2.24) is 0 Å². The van der Waals surface area contributed by atoms with Gasteiger partial charge in [0.1, 0.15) is 19.8 Å². The van der Waals surface area contributed by atoms with E-state index in [-0.39, 0.29) is 25.6 Å². The molecule has 1 N–H and O–H groups in total. The van der Waals surface area contributed by atoms with E-state index in [0.29, 0.717) is 23.9 Å². The molecular formula is C69H131NO8P+. The third-order valence-corrected chi connectivity index (χ3v) is 16.1. The Morgan fingerprint density at radius 2 is 0.722 bits per heavy atom. The monoisotopic (exact) mass is 1130 g/mol. The molecule has 2 unspecified atom stereocenters. The second-order valence-corrected chi connectivity index (χ2v) is 25.6. The van der Waals surface area contributed by atoms with Gasteiger partial charge in [-0.25, -0.2) is 4.57 Å². The number of unbranched alkanes of at least 4 members (excludes halogenated alkanes) is 41. The highest BCUT2D eigenvalue weighted by molar-refractivity contribution is 7.47. The Labute approximate surface area is 490 Å². The van der Waals surface area contributed by atoms with Crippen LogP contribution in [0.4, 0.5) is 0 Å². The minimum atomic E-state index is -4.39. The first kappa shape index (κ1) is 77.0. The van der Waals surface area contributed by atoms with Gasteiger partial charge in [0.15, 0.2) is 6.10 Å². The number of nitrogens with zero attached hydrogens (tertiary/aromatic N) is 1. The molecule has 2 atom stereocenters. The summed E-state index contributed by atoms with van der Waals surface area (Å²) in [5.74, 6) is -0.787. The van der Waals surface area contributed by atoms with Crippen LogP contribution in [-0.4, -0.2) is 74.9 Å². The van der Waals surface area contributed by atoms with E-state index in [1.165, 1.54) is 225 Å². The lowest BCUT2D eigenvalue weighted by molar-refractivity contribution is -0.870. The van der Waals surface area contributed by atoms with Crippen LogP contribution < -0.4 is 0 Å². The fourth-order valence-corrected chi connectivity index (χ4v) is 10.7. The molecule has 0 saturated heterocycles. The molecule has 9 nitrogen and oxygen atoms in total. The normalized spacial score (nSPS) is 13.4. The third kappa shape index (κ3) is 65.0. The van der Waals surface area contributed by atoms with Gasteiger partial charge in [-0.15, -0.1) is 0 Å². The first-order valence-corrected chi connectivity index (χ1v) is 35.4. The molecule has 0 aliphatic heterocycles. The Bertz CT molecular complexity index is 1470. The second kappa shape index (κ2) is 60.6. The average Bonchev–Trinajstić information content (AvgIpc) is 3.41. The molecule has 0 bridgehead atoms. The molecule has 464 valence electrons. The predicted molar refractivity (Wildman–Crippen MR) is 340 cm³/mol. The van der Waals surface area contributed by atoms with Crippen LogP contribution in [0, 0.1) is 0 Å². The molecule has 0 aromatic heterocycles. The molecule has 0 spiro atoms. The largest absolute Gasteiger partial charge is 0.472 e. The van der Waals surface area contributed by atoms with E-state index in [1.807, 2.05) is 21.1 Å². The SMILES string of the molecule is CC/C=C\C/C=C\C/C=C\C/C=C\CCCCCCCCCCCCC(=O)OC(COC(=O)CCCCCCCCCCCCCCCCCCCCCCCCCCCCCCCCCC)COP(=O)(O)OCC[N+](C)(C)C. The van der Waals surface area contributed by atoms with Gasteiger partial charge in [0.25, 0.3) is 0 Å². The molecule has 0 rings (SSSR count). The third-order valence-electron chi connectivity index (χ3n) is 15.1. The number of ether oxygens (including phenoxy) is 2. The zero-order valence-electron chi connectivity index (χ0n) is 52.9. The van der Waals surface area contributed by atoms with Crippen LogP contribution in [-0.2, 0) is 32.7 Å². The van der Waals surface area contributed by atoms with E-state index in [4.69, 9.17) is 18.5 Å². The van der Waals surface area contributed by atoms with Crippen molar-refractivity contribution in [2.24, 2.45) is 0 Å². The van der Waals surface area contributed by atoms with E-state index < -0.39 is 26.5 Å². The van der Waals surface area contributed by atoms with Gasteiger partial charge in [-0.05, 0) is 51.4 Å². The van der Waals surface area contributed by atoms with Gasteiger partial charge in [0.2, 0.25) is 0 Å². The van der Waals surface area contributed by atoms with E-state index in [2.05, 4.69) is 62.5 Å². The summed E-state index contributed by atoms with van der Waals surface area (Å²) in [5, 5.41) is 0. The molecule has 0 amide bonds. The Morgan fingerprint density at radius 1 is 0.405 bits per heavy atom. The fraction of sp³-hybridized carbons (Fsp3) is 0.855. The highest BCUT2D eigenvalue weighted by Gasteiger charge is 2.27. The van der Waals surface area contributed by atoms with Crippen molar-refractivity contribution in [3.05, 3.63) is 48.6 Å². The number of allylic oxidation sites excluding steroid dienone is 8. The summed E-state index contributed by atoms with van der Waals surface area (Å²) in [6, 6.07) is 0. The number of quaternary nitrogens is 1. The summed E-state index contributed by atoms with van der Waals surface area (Å²) in [6.45, 7) is 4.37. The molecule has 10 heteroatoms. The molecule has 0 aromatic carbocycles.